The Bertz CT molecular complexity index is 679. The van der Waals surface area contributed by atoms with Gasteiger partial charge < -0.3 is 5.11 Å². The Kier molecular flexibility index (Phi) is 4.53. The first-order valence-electron chi connectivity index (χ1n) is 6.78. The van der Waals surface area contributed by atoms with Crippen molar-refractivity contribution in [1.82, 2.24) is 0 Å². The smallest absolute Gasteiger partial charge is 0.264 e. The molecule has 0 atom stereocenters. The summed E-state index contributed by atoms with van der Waals surface area (Å²) in [4.78, 5) is 0.171. The molecule has 0 saturated carbocycles. The zero-order valence-electron chi connectivity index (χ0n) is 12.1. The van der Waals surface area contributed by atoms with Crippen LogP contribution in [0, 0.1) is 5.92 Å². The van der Waals surface area contributed by atoms with Gasteiger partial charge in [-0.3, -0.25) is 4.31 Å². The van der Waals surface area contributed by atoms with Crippen LogP contribution in [-0.2, 0) is 10.0 Å². The molecule has 0 spiro atoms. The summed E-state index contributed by atoms with van der Waals surface area (Å²) >= 11 is 0. The Morgan fingerprint density at radius 2 is 1.57 bits per heavy atom. The van der Waals surface area contributed by atoms with E-state index in [1.807, 2.05) is 32.0 Å². The maximum atomic E-state index is 12.8. The summed E-state index contributed by atoms with van der Waals surface area (Å²) < 4.78 is 27.1. The highest BCUT2D eigenvalue weighted by atomic mass is 32.2. The Labute approximate surface area is 125 Å². The van der Waals surface area contributed by atoms with E-state index in [4.69, 9.17) is 0 Å². The quantitative estimate of drug-likeness (QED) is 0.922. The van der Waals surface area contributed by atoms with Crippen molar-refractivity contribution < 1.29 is 13.5 Å². The first-order chi connectivity index (χ1) is 9.91. The Morgan fingerprint density at radius 1 is 1.00 bits per heavy atom. The van der Waals surface area contributed by atoms with Crippen molar-refractivity contribution in [2.75, 3.05) is 10.8 Å². The minimum atomic E-state index is -3.64. The number of phenolic OH excluding ortho intramolecular Hbond substituents is 1. The van der Waals surface area contributed by atoms with E-state index in [1.165, 1.54) is 28.6 Å². The second-order valence-electron chi connectivity index (χ2n) is 5.26. The lowest BCUT2D eigenvalue weighted by Gasteiger charge is -2.26. The average molecular weight is 305 g/mol. The largest absolute Gasteiger partial charge is 0.508 e. The maximum absolute atomic E-state index is 12.8. The Morgan fingerprint density at radius 3 is 2.10 bits per heavy atom. The summed E-state index contributed by atoms with van der Waals surface area (Å²) in [7, 11) is -3.64. The van der Waals surface area contributed by atoms with Crippen molar-refractivity contribution in [3.8, 4) is 5.75 Å². The van der Waals surface area contributed by atoms with Crippen molar-refractivity contribution in [3.05, 3.63) is 54.6 Å². The van der Waals surface area contributed by atoms with Crippen LogP contribution in [0.25, 0.3) is 0 Å². The van der Waals surface area contributed by atoms with Gasteiger partial charge in [-0.25, -0.2) is 8.42 Å². The topological polar surface area (TPSA) is 57.6 Å². The normalized spacial score (nSPS) is 11.6. The van der Waals surface area contributed by atoms with Gasteiger partial charge in [-0.15, -0.1) is 0 Å². The molecule has 1 N–H and O–H groups in total. The van der Waals surface area contributed by atoms with Crippen molar-refractivity contribution >= 4 is 15.7 Å². The predicted octanol–water partition coefficient (Wildman–Crippen LogP) is 3.24. The standard InChI is InChI=1S/C16H19NO3S/c1-13(2)12-17(14-6-4-3-5-7-14)21(19,20)16-10-8-15(18)9-11-16/h3-11,13,18H,12H2,1-2H3. The minimum absolute atomic E-state index is 0.0454. The van der Waals surface area contributed by atoms with Gasteiger partial charge in [0, 0.05) is 6.54 Å². The highest BCUT2D eigenvalue weighted by molar-refractivity contribution is 7.92. The van der Waals surface area contributed by atoms with E-state index in [9.17, 15) is 13.5 Å². The molecular formula is C16H19NO3S. The lowest BCUT2D eigenvalue weighted by molar-refractivity contribution is 0.474. The molecule has 4 nitrogen and oxygen atoms in total. The molecule has 0 aliphatic carbocycles. The van der Waals surface area contributed by atoms with Crippen LogP contribution < -0.4 is 4.31 Å². The second kappa shape index (κ2) is 6.18. The molecule has 0 saturated heterocycles. The van der Waals surface area contributed by atoms with Crippen LogP contribution in [0.5, 0.6) is 5.75 Å². The van der Waals surface area contributed by atoms with Crippen molar-refractivity contribution in [2.24, 2.45) is 5.92 Å². The van der Waals surface area contributed by atoms with Crippen LogP contribution in [-0.4, -0.2) is 20.1 Å². The van der Waals surface area contributed by atoms with Gasteiger partial charge in [0.1, 0.15) is 5.75 Å². The second-order valence-corrected chi connectivity index (χ2v) is 7.12. The fourth-order valence-electron chi connectivity index (χ4n) is 2.01. The van der Waals surface area contributed by atoms with E-state index < -0.39 is 10.0 Å². The number of benzene rings is 2. The molecular weight excluding hydrogens is 286 g/mol. The van der Waals surface area contributed by atoms with Crippen LogP contribution in [0.1, 0.15) is 13.8 Å². The lowest BCUT2D eigenvalue weighted by atomic mass is 10.2. The number of sulfonamides is 1. The molecule has 0 aliphatic heterocycles. The third kappa shape index (κ3) is 3.55. The SMILES string of the molecule is CC(C)CN(c1ccccc1)S(=O)(=O)c1ccc(O)cc1. The van der Waals surface area contributed by atoms with Gasteiger partial charge in [0.05, 0.1) is 10.6 Å². The molecule has 112 valence electrons. The van der Waals surface area contributed by atoms with Gasteiger partial charge in [0.15, 0.2) is 0 Å². The fourth-order valence-corrected chi connectivity index (χ4v) is 3.64. The number of hydrogen-bond acceptors (Lipinski definition) is 3. The third-order valence-corrected chi connectivity index (χ3v) is 4.81. The first kappa shape index (κ1) is 15.4. The van der Waals surface area contributed by atoms with Crippen molar-refractivity contribution in [1.29, 1.82) is 0 Å². The number of anilines is 1. The van der Waals surface area contributed by atoms with E-state index in [-0.39, 0.29) is 16.6 Å². The zero-order valence-corrected chi connectivity index (χ0v) is 12.9. The van der Waals surface area contributed by atoms with Gasteiger partial charge in [-0.2, -0.15) is 0 Å². The molecule has 0 aromatic heterocycles. The number of aromatic hydroxyl groups is 1. The molecule has 2 aromatic rings. The number of hydrogen-bond donors (Lipinski definition) is 1. The summed E-state index contributed by atoms with van der Waals surface area (Å²) in [5.41, 5.74) is 0.638. The van der Waals surface area contributed by atoms with Gasteiger partial charge in [-0.1, -0.05) is 32.0 Å². The van der Waals surface area contributed by atoms with Gasteiger partial charge in [0.25, 0.3) is 10.0 Å². The number of rotatable bonds is 5. The van der Waals surface area contributed by atoms with Crippen molar-refractivity contribution in [2.45, 2.75) is 18.7 Å². The van der Waals surface area contributed by atoms with E-state index in [1.54, 1.807) is 12.1 Å². The minimum Gasteiger partial charge on any atom is -0.508 e. The molecule has 0 amide bonds. The zero-order chi connectivity index (χ0) is 15.5. The summed E-state index contributed by atoms with van der Waals surface area (Å²) in [6.45, 7) is 4.35. The first-order valence-corrected chi connectivity index (χ1v) is 8.22. The summed E-state index contributed by atoms with van der Waals surface area (Å²) in [5.74, 6) is 0.237. The molecule has 0 fully saturated rings. The van der Waals surface area contributed by atoms with Crippen molar-refractivity contribution in [3.63, 3.8) is 0 Å². The van der Waals surface area contributed by atoms with Crippen LogP contribution in [0.2, 0.25) is 0 Å². The van der Waals surface area contributed by atoms with E-state index in [2.05, 4.69) is 0 Å². The molecule has 2 aromatic carbocycles. The predicted molar refractivity (Wildman–Crippen MR) is 83.9 cm³/mol. The molecule has 0 radical (unpaired) electrons. The lowest BCUT2D eigenvalue weighted by Crippen LogP contribution is -2.34. The molecule has 0 aliphatic rings. The molecule has 5 heteroatoms. The molecule has 0 heterocycles. The molecule has 21 heavy (non-hydrogen) atoms. The monoisotopic (exact) mass is 305 g/mol. The Hall–Kier alpha value is -2.01. The maximum Gasteiger partial charge on any atom is 0.264 e. The highest BCUT2D eigenvalue weighted by Gasteiger charge is 2.25. The molecule has 0 bridgehead atoms. The van der Waals surface area contributed by atoms with E-state index in [0.717, 1.165) is 0 Å². The number of phenols is 1. The highest BCUT2D eigenvalue weighted by Crippen LogP contribution is 2.25. The van der Waals surface area contributed by atoms with Gasteiger partial charge in [0.2, 0.25) is 0 Å². The van der Waals surface area contributed by atoms with E-state index in [0.29, 0.717) is 12.2 Å². The van der Waals surface area contributed by atoms with E-state index >= 15 is 0 Å². The average Bonchev–Trinajstić information content (AvgIpc) is 2.46. The summed E-state index contributed by atoms with van der Waals surface area (Å²) in [6.07, 6.45) is 0. The van der Waals surface area contributed by atoms with Crippen LogP contribution in [0.3, 0.4) is 0 Å². The van der Waals surface area contributed by atoms with Gasteiger partial charge >= 0.3 is 0 Å². The fraction of sp³-hybridized carbons (Fsp3) is 0.250. The third-order valence-electron chi connectivity index (χ3n) is 3.00. The van der Waals surface area contributed by atoms with Crippen LogP contribution >= 0.6 is 0 Å². The molecule has 0 unspecified atom stereocenters. The number of nitrogens with zero attached hydrogens (tertiary/aromatic N) is 1. The van der Waals surface area contributed by atoms with Gasteiger partial charge in [-0.05, 0) is 42.3 Å². The number of para-hydroxylation sites is 1. The van der Waals surface area contributed by atoms with Crippen LogP contribution in [0.15, 0.2) is 59.5 Å². The Balaban J connectivity index is 2.47. The summed E-state index contributed by atoms with van der Waals surface area (Å²) in [5, 5.41) is 9.32. The molecule has 2 rings (SSSR count). The van der Waals surface area contributed by atoms with Crippen LogP contribution in [0.4, 0.5) is 5.69 Å². The summed E-state index contributed by atoms with van der Waals surface area (Å²) in [6, 6.07) is 14.6.